The summed E-state index contributed by atoms with van der Waals surface area (Å²) in [6.07, 6.45) is -0.675. The van der Waals surface area contributed by atoms with Gasteiger partial charge in [-0.25, -0.2) is 4.98 Å². The second-order valence-electron chi connectivity index (χ2n) is 6.68. The van der Waals surface area contributed by atoms with Crippen LogP contribution in [-0.2, 0) is 4.74 Å². The molecule has 4 nitrogen and oxygen atoms in total. The zero-order chi connectivity index (χ0) is 18.8. The average molecular weight is 403 g/mol. The predicted octanol–water partition coefficient (Wildman–Crippen LogP) is 4.57. The van der Waals surface area contributed by atoms with Gasteiger partial charge in [-0.1, -0.05) is 53.5 Å². The summed E-state index contributed by atoms with van der Waals surface area (Å²) in [6.45, 7) is 3.54. The fourth-order valence-electron chi connectivity index (χ4n) is 3.44. The molecule has 140 valence electrons. The summed E-state index contributed by atoms with van der Waals surface area (Å²) in [7, 11) is 0. The Morgan fingerprint density at radius 1 is 1.07 bits per heavy atom. The average Bonchev–Trinajstić information content (AvgIpc) is 2.68. The number of hydrogen-bond donors (Lipinski definition) is 1. The van der Waals surface area contributed by atoms with E-state index in [1.807, 2.05) is 42.5 Å². The van der Waals surface area contributed by atoms with Crippen molar-refractivity contribution >= 4 is 34.1 Å². The maximum atomic E-state index is 11.0. The molecule has 1 unspecified atom stereocenters. The molecule has 0 amide bonds. The third kappa shape index (κ3) is 4.10. The van der Waals surface area contributed by atoms with Gasteiger partial charge in [0.25, 0.3) is 0 Å². The second kappa shape index (κ2) is 8.13. The molecule has 0 radical (unpaired) electrons. The molecule has 0 aliphatic carbocycles. The summed E-state index contributed by atoms with van der Waals surface area (Å²) in [5, 5.41) is 12.8. The minimum atomic E-state index is -0.675. The SMILES string of the molecule is OC(CN1CCOCC1)c1cc(-c2ccccc2)nc2c(Cl)cc(Cl)cc12. The van der Waals surface area contributed by atoms with Gasteiger partial charge in [0.05, 0.1) is 35.6 Å². The molecular weight excluding hydrogens is 383 g/mol. The fraction of sp³-hybridized carbons (Fsp3) is 0.286. The van der Waals surface area contributed by atoms with E-state index in [1.54, 1.807) is 6.07 Å². The molecule has 4 rings (SSSR count). The third-order valence-electron chi connectivity index (χ3n) is 4.83. The Balaban J connectivity index is 1.81. The molecule has 1 atom stereocenters. The number of ether oxygens (including phenoxy) is 1. The molecule has 1 fully saturated rings. The fourth-order valence-corrected chi connectivity index (χ4v) is 3.97. The minimum absolute atomic E-state index is 0.482. The predicted molar refractivity (Wildman–Crippen MR) is 109 cm³/mol. The van der Waals surface area contributed by atoms with Crippen LogP contribution in [0.15, 0.2) is 48.5 Å². The largest absolute Gasteiger partial charge is 0.387 e. The van der Waals surface area contributed by atoms with E-state index >= 15 is 0 Å². The van der Waals surface area contributed by atoms with Gasteiger partial charge >= 0.3 is 0 Å². The van der Waals surface area contributed by atoms with E-state index in [9.17, 15) is 5.11 Å². The van der Waals surface area contributed by atoms with Gasteiger partial charge in [-0.2, -0.15) is 0 Å². The zero-order valence-corrected chi connectivity index (χ0v) is 16.2. The van der Waals surface area contributed by atoms with Crippen molar-refractivity contribution in [3.05, 3.63) is 64.1 Å². The first-order chi connectivity index (χ1) is 13.1. The maximum absolute atomic E-state index is 11.0. The van der Waals surface area contributed by atoms with Crippen LogP contribution in [0.2, 0.25) is 10.0 Å². The van der Waals surface area contributed by atoms with Crippen molar-refractivity contribution in [3.63, 3.8) is 0 Å². The molecule has 6 heteroatoms. The summed E-state index contributed by atoms with van der Waals surface area (Å²) in [4.78, 5) is 6.94. The van der Waals surface area contributed by atoms with Crippen molar-refractivity contribution in [1.82, 2.24) is 9.88 Å². The highest BCUT2D eigenvalue weighted by Gasteiger charge is 2.20. The van der Waals surface area contributed by atoms with Crippen molar-refractivity contribution in [2.45, 2.75) is 6.10 Å². The van der Waals surface area contributed by atoms with Crippen molar-refractivity contribution in [3.8, 4) is 11.3 Å². The van der Waals surface area contributed by atoms with Crippen LogP contribution in [0.1, 0.15) is 11.7 Å². The van der Waals surface area contributed by atoms with Crippen molar-refractivity contribution in [2.75, 3.05) is 32.8 Å². The molecule has 1 aliphatic heterocycles. The molecule has 1 saturated heterocycles. The summed E-state index contributed by atoms with van der Waals surface area (Å²) < 4.78 is 5.40. The van der Waals surface area contributed by atoms with E-state index in [-0.39, 0.29) is 0 Å². The Morgan fingerprint density at radius 3 is 2.56 bits per heavy atom. The summed E-state index contributed by atoms with van der Waals surface area (Å²) in [6, 6.07) is 15.3. The van der Waals surface area contributed by atoms with Crippen LogP contribution < -0.4 is 0 Å². The lowest BCUT2D eigenvalue weighted by atomic mass is 9.99. The van der Waals surface area contributed by atoms with Gasteiger partial charge in [-0.3, -0.25) is 4.90 Å². The maximum Gasteiger partial charge on any atom is 0.0924 e. The number of nitrogens with zero attached hydrogens (tertiary/aromatic N) is 2. The van der Waals surface area contributed by atoms with Crippen LogP contribution in [0.25, 0.3) is 22.2 Å². The smallest absolute Gasteiger partial charge is 0.0924 e. The van der Waals surface area contributed by atoms with E-state index in [4.69, 9.17) is 32.9 Å². The van der Waals surface area contributed by atoms with E-state index in [1.165, 1.54) is 0 Å². The van der Waals surface area contributed by atoms with Gasteiger partial charge in [0.2, 0.25) is 0 Å². The normalized spacial score (nSPS) is 16.6. The lowest BCUT2D eigenvalue weighted by Gasteiger charge is -2.29. The number of aliphatic hydroxyl groups is 1. The summed E-state index contributed by atoms with van der Waals surface area (Å²) in [5.41, 5.74) is 3.20. The Hall–Kier alpha value is -1.69. The van der Waals surface area contributed by atoms with Crippen LogP contribution in [-0.4, -0.2) is 47.8 Å². The molecule has 1 aliphatic rings. The highest BCUT2D eigenvalue weighted by molar-refractivity contribution is 6.38. The minimum Gasteiger partial charge on any atom is -0.387 e. The number of aliphatic hydroxyl groups excluding tert-OH is 1. The van der Waals surface area contributed by atoms with Gasteiger partial charge < -0.3 is 9.84 Å². The Morgan fingerprint density at radius 2 is 1.81 bits per heavy atom. The van der Waals surface area contributed by atoms with E-state index in [0.717, 1.165) is 35.3 Å². The third-order valence-corrected chi connectivity index (χ3v) is 5.33. The number of aromatic nitrogens is 1. The first-order valence-corrected chi connectivity index (χ1v) is 9.70. The quantitative estimate of drug-likeness (QED) is 0.693. The lowest BCUT2D eigenvalue weighted by molar-refractivity contribution is 0.0146. The number of halogens is 2. The molecule has 0 bridgehead atoms. The Kier molecular flexibility index (Phi) is 5.62. The van der Waals surface area contributed by atoms with Gasteiger partial charge in [0.1, 0.15) is 0 Å². The first kappa shape index (κ1) is 18.7. The molecule has 0 saturated carbocycles. The summed E-state index contributed by atoms with van der Waals surface area (Å²) >= 11 is 12.7. The molecule has 1 aromatic heterocycles. The molecule has 3 aromatic rings. The number of pyridine rings is 1. The lowest BCUT2D eigenvalue weighted by Crippen LogP contribution is -2.38. The number of hydrogen-bond acceptors (Lipinski definition) is 4. The molecule has 2 heterocycles. The van der Waals surface area contributed by atoms with E-state index < -0.39 is 6.10 Å². The molecule has 1 N–H and O–H groups in total. The topological polar surface area (TPSA) is 45.6 Å². The van der Waals surface area contributed by atoms with Crippen LogP contribution in [0.3, 0.4) is 0 Å². The van der Waals surface area contributed by atoms with Gasteiger partial charge in [0.15, 0.2) is 0 Å². The van der Waals surface area contributed by atoms with Crippen molar-refractivity contribution in [1.29, 1.82) is 0 Å². The van der Waals surface area contributed by atoms with Crippen molar-refractivity contribution < 1.29 is 9.84 Å². The van der Waals surface area contributed by atoms with Gasteiger partial charge in [-0.15, -0.1) is 0 Å². The molecule has 27 heavy (non-hydrogen) atoms. The highest BCUT2D eigenvalue weighted by atomic mass is 35.5. The highest BCUT2D eigenvalue weighted by Crippen LogP contribution is 2.34. The van der Waals surface area contributed by atoms with E-state index in [0.29, 0.717) is 35.3 Å². The van der Waals surface area contributed by atoms with Crippen LogP contribution >= 0.6 is 23.2 Å². The first-order valence-electron chi connectivity index (χ1n) is 8.95. The molecule has 0 spiro atoms. The van der Waals surface area contributed by atoms with Gasteiger partial charge in [0, 0.05) is 35.6 Å². The number of fused-ring (bicyclic) bond motifs is 1. The van der Waals surface area contributed by atoms with Crippen molar-refractivity contribution in [2.24, 2.45) is 0 Å². The Labute approximate surface area is 168 Å². The summed E-state index contributed by atoms with van der Waals surface area (Å²) in [5.74, 6) is 0. The number of rotatable bonds is 4. The van der Waals surface area contributed by atoms with Crippen LogP contribution in [0, 0.1) is 0 Å². The van der Waals surface area contributed by atoms with Crippen LogP contribution in [0.4, 0.5) is 0 Å². The monoisotopic (exact) mass is 402 g/mol. The molecular formula is C21H20Cl2N2O2. The Bertz CT molecular complexity index is 944. The number of benzene rings is 2. The number of β-amino-alcohol motifs (C(OH)–C–C–N with tert-alkyl or cyclic N) is 1. The standard InChI is InChI=1S/C21H20Cl2N2O2/c22-15-10-17-16(20(26)13-25-6-8-27-9-7-25)12-19(14-4-2-1-3-5-14)24-21(17)18(23)11-15/h1-5,10-12,20,26H,6-9,13H2. The zero-order valence-electron chi connectivity index (χ0n) is 14.7. The van der Waals surface area contributed by atoms with Crippen LogP contribution in [0.5, 0.6) is 0 Å². The van der Waals surface area contributed by atoms with E-state index in [2.05, 4.69) is 4.90 Å². The number of morpholine rings is 1. The molecule has 2 aromatic carbocycles. The van der Waals surface area contributed by atoms with Gasteiger partial charge in [-0.05, 0) is 23.8 Å². The second-order valence-corrected chi connectivity index (χ2v) is 7.52.